The zero-order chi connectivity index (χ0) is 20.6. The Bertz CT molecular complexity index is 820. The van der Waals surface area contributed by atoms with Gasteiger partial charge in [-0.3, -0.25) is 0 Å². The smallest absolute Gasteiger partial charge is 0.200 e. The fourth-order valence-electron chi connectivity index (χ4n) is 1.75. The van der Waals surface area contributed by atoms with Crippen molar-refractivity contribution in [3.8, 4) is 11.5 Å². The summed E-state index contributed by atoms with van der Waals surface area (Å²) in [5.41, 5.74) is 0.309. The first-order chi connectivity index (χ1) is 12.7. The van der Waals surface area contributed by atoms with Gasteiger partial charge in [-0.2, -0.15) is 4.39 Å². The van der Waals surface area contributed by atoms with Crippen LogP contribution in [0.4, 0.5) is 13.2 Å². The molecule has 1 aromatic rings. The van der Waals surface area contributed by atoms with Gasteiger partial charge in [0.05, 0.1) is 6.61 Å². The number of hydrogen-bond donors (Lipinski definition) is 1. The number of allylic oxidation sites excluding steroid dienone is 5. The lowest BCUT2D eigenvalue weighted by molar-refractivity contribution is 0.224. The molecule has 0 saturated heterocycles. The maximum atomic E-state index is 14.0. The molecule has 0 aliphatic heterocycles. The normalized spacial score (nSPS) is 11.7. The number of phenolic OH excluding ortho intramolecular Hbond substituents is 1. The molecular weight excluding hydrogens is 357 g/mol. The second-order valence-corrected chi connectivity index (χ2v) is 5.38. The first kappa shape index (κ1) is 21.9. The summed E-state index contributed by atoms with van der Waals surface area (Å²) in [4.78, 5) is 0. The molecule has 0 spiro atoms. The molecule has 0 fully saturated rings. The average molecular weight is 378 g/mol. The van der Waals surface area contributed by atoms with Crippen molar-refractivity contribution in [1.82, 2.24) is 0 Å². The molecule has 0 amide bonds. The van der Waals surface area contributed by atoms with Crippen LogP contribution in [0, 0.1) is 5.82 Å². The van der Waals surface area contributed by atoms with Crippen LogP contribution in [0.1, 0.15) is 6.92 Å². The molecule has 27 heavy (non-hydrogen) atoms. The molecule has 0 aliphatic rings. The van der Waals surface area contributed by atoms with Gasteiger partial charge < -0.3 is 14.6 Å². The summed E-state index contributed by atoms with van der Waals surface area (Å²) >= 11 is 0. The third-order valence-corrected chi connectivity index (χ3v) is 3.27. The van der Waals surface area contributed by atoms with E-state index in [0.29, 0.717) is 5.57 Å². The number of benzene rings is 1. The first-order valence-electron chi connectivity index (χ1n) is 7.90. The maximum absolute atomic E-state index is 14.0. The number of hydrogen-bond acceptors (Lipinski definition) is 3. The maximum Gasteiger partial charge on any atom is 0.200 e. The summed E-state index contributed by atoms with van der Waals surface area (Å²) in [5, 5.41) is 9.11. The quantitative estimate of drug-likeness (QED) is 0.411. The molecule has 0 bridgehead atoms. The summed E-state index contributed by atoms with van der Waals surface area (Å²) < 4.78 is 51.2. The largest absolute Gasteiger partial charge is 0.505 e. The molecule has 1 N–H and O–H groups in total. The third kappa shape index (κ3) is 6.58. The number of aromatic hydroxyl groups is 1. The molecule has 0 aliphatic carbocycles. The number of halogens is 3. The number of rotatable bonds is 10. The standard InChI is InChI=1S/C21H21F3O3/c1-6-26-16(5)21(24)20(23)15(4)14(3)8-7-13(2)12-27-17-9-10-19(25)18(22)11-17/h7-11,25H,2-6,12H2,1H3/b8-7-,21-20-. The second kappa shape index (κ2) is 10.1. The van der Waals surface area contributed by atoms with Crippen LogP contribution in [0.3, 0.4) is 0 Å². The first-order valence-corrected chi connectivity index (χ1v) is 7.90. The van der Waals surface area contributed by atoms with Crippen molar-refractivity contribution in [2.24, 2.45) is 0 Å². The predicted octanol–water partition coefficient (Wildman–Crippen LogP) is 5.84. The molecule has 0 saturated carbocycles. The van der Waals surface area contributed by atoms with E-state index in [1.165, 1.54) is 18.2 Å². The topological polar surface area (TPSA) is 38.7 Å². The van der Waals surface area contributed by atoms with Crippen molar-refractivity contribution in [2.45, 2.75) is 6.92 Å². The molecule has 0 atom stereocenters. The van der Waals surface area contributed by atoms with Crippen LogP contribution in [-0.4, -0.2) is 18.3 Å². The minimum Gasteiger partial charge on any atom is -0.505 e. The minimum absolute atomic E-state index is 0.00823. The van der Waals surface area contributed by atoms with Gasteiger partial charge in [0, 0.05) is 11.6 Å². The summed E-state index contributed by atoms with van der Waals surface area (Å²) in [5.74, 6) is -3.97. The van der Waals surface area contributed by atoms with Crippen LogP contribution in [0.5, 0.6) is 11.5 Å². The summed E-state index contributed by atoms with van der Waals surface area (Å²) in [6, 6.07) is 3.58. The van der Waals surface area contributed by atoms with Gasteiger partial charge >= 0.3 is 0 Å². The van der Waals surface area contributed by atoms with Crippen LogP contribution in [0.25, 0.3) is 0 Å². The highest BCUT2D eigenvalue weighted by atomic mass is 19.2. The third-order valence-electron chi connectivity index (χ3n) is 3.27. The van der Waals surface area contributed by atoms with Crippen molar-refractivity contribution in [3.63, 3.8) is 0 Å². The van der Waals surface area contributed by atoms with Crippen LogP contribution in [0.2, 0.25) is 0 Å². The van der Waals surface area contributed by atoms with Gasteiger partial charge in [0.2, 0.25) is 5.83 Å². The predicted molar refractivity (Wildman–Crippen MR) is 100 cm³/mol. The molecule has 1 rings (SSSR count). The van der Waals surface area contributed by atoms with Crippen LogP contribution in [-0.2, 0) is 4.74 Å². The van der Waals surface area contributed by atoms with Crippen molar-refractivity contribution < 1.29 is 27.8 Å². The van der Waals surface area contributed by atoms with E-state index in [9.17, 15) is 13.2 Å². The van der Waals surface area contributed by atoms with E-state index in [1.807, 2.05) is 0 Å². The van der Waals surface area contributed by atoms with E-state index < -0.39 is 29.0 Å². The lowest BCUT2D eigenvalue weighted by Crippen LogP contribution is -1.99. The minimum atomic E-state index is -1.24. The average Bonchev–Trinajstić information content (AvgIpc) is 2.65. The summed E-state index contributed by atoms with van der Waals surface area (Å²) in [7, 11) is 0. The van der Waals surface area contributed by atoms with Gasteiger partial charge in [0.1, 0.15) is 12.4 Å². The Kier molecular flexibility index (Phi) is 8.20. The van der Waals surface area contributed by atoms with Gasteiger partial charge in [-0.05, 0) is 30.2 Å². The summed E-state index contributed by atoms with van der Waals surface area (Å²) in [6.45, 7) is 15.9. The van der Waals surface area contributed by atoms with Crippen LogP contribution < -0.4 is 4.74 Å². The van der Waals surface area contributed by atoms with E-state index in [-0.39, 0.29) is 30.1 Å². The SMILES string of the molecule is C=C(/C=C\C(=C)C(=C)/C(F)=C(/F)C(=C)OCC)COc1ccc(O)c(F)c1. The molecule has 1 aromatic carbocycles. The van der Waals surface area contributed by atoms with E-state index in [0.717, 1.165) is 12.1 Å². The Morgan fingerprint density at radius 2 is 1.78 bits per heavy atom. The molecule has 0 radical (unpaired) electrons. The molecule has 0 aromatic heterocycles. The van der Waals surface area contributed by atoms with Crippen molar-refractivity contribution in [2.75, 3.05) is 13.2 Å². The van der Waals surface area contributed by atoms with Crippen molar-refractivity contribution in [1.29, 1.82) is 0 Å². The Hall–Kier alpha value is -3.15. The Balaban J connectivity index is 2.66. The number of phenols is 1. The van der Waals surface area contributed by atoms with Crippen molar-refractivity contribution in [3.05, 3.63) is 96.6 Å². The number of ether oxygens (including phenoxy) is 2. The highest BCUT2D eigenvalue weighted by Crippen LogP contribution is 2.27. The summed E-state index contributed by atoms with van der Waals surface area (Å²) in [6.07, 6.45) is 2.87. The van der Waals surface area contributed by atoms with Crippen molar-refractivity contribution >= 4 is 0 Å². The van der Waals surface area contributed by atoms with Gasteiger partial charge in [-0.15, -0.1) is 0 Å². The fraction of sp³-hybridized carbons (Fsp3) is 0.143. The molecule has 0 heterocycles. The van der Waals surface area contributed by atoms with E-state index in [4.69, 9.17) is 14.6 Å². The lowest BCUT2D eigenvalue weighted by atomic mass is 10.1. The zero-order valence-electron chi connectivity index (χ0n) is 15.0. The van der Waals surface area contributed by atoms with Crippen LogP contribution in [0.15, 0.2) is 90.8 Å². The van der Waals surface area contributed by atoms with Gasteiger partial charge in [-0.25, -0.2) is 8.78 Å². The second-order valence-electron chi connectivity index (χ2n) is 5.38. The monoisotopic (exact) mass is 378 g/mol. The Morgan fingerprint density at radius 1 is 1.11 bits per heavy atom. The highest BCUT2D eigenvalue weighted by Gasteiger charge is 2.15. The van der Waals surface area contributed by atoms with Gasteiger partial charge in [0.15, 0.2) is 23.2 Å². The molecule has 6 heteroatoms. The fourth-order valence-corrected chi connectivity index (χ4v) is 1.75. The lowest BCUT2D eigenvalue weighted by Gasteiger charge is -2.09. The molecule has 144 valence electrons. The van der Waals surface area contributed by atoms with E-state index in [1.54, 1.807) is 6.92 Å². The molecule has 0 unspecified atom stereocenters. The Labute approximate surface area is 156 Å². The highest BCUT2D eigenvalue weighted by molar-refractivity contribution is 5.49. The van der Waals surface area contributed by atoms with E-state index in [2.05, 4.69) is 26.3 Å². The van der Waals surface area contributed by atoms with Gasteiger partial charge in [0.25, 0.3) is 0 Å². The van der Waals surface area contributed by atoms with E-state index >= 15 is 0 Å². The molecule has 3 nitrogen and oxygen atoms in total. The molecular formula is C21H21F3O3. The van der Waals surface area contributed by atoms with Crippen LogP contribution >= 0.6 is 0 Å². The zero-order valence-corrected chi connectivity index (χ0v) is 15.0. The van der Waals surface area contributed by atoms with Gasteiger partial charge in [-0.1, -0.05) is 38.5 Å². The Morgan fingerprint density at radius 3 is 2.37 bits per heavy atom.